The van der Waals surface area contributed by atoms with Crippen LogP contribution in [0.3, 0.4) is 0 Å². The second kappa shape index (κ2) is 8.62. The van der Waals surface area contributed by atoms with Crippen LogP contribution < -0.4 is 5.32 Å². The molecule has 6 rings (SSSR count). The number of ether oxygens (including phenoxy) is 2. The number of benzene rings is 1. The van der Waals surface area contributed by atoms with Crippen molar-refractivity contribution >= 4 is 43.5 Å². The van der Waals surface area contributed by atoms with E-state index in [-0.39, 0.29) is 21.8 Å². The molecule has 0 radical (unpaired) electrons. The number of rotatable bonds is 6. The number of sulfonamides is 1. The van der Waals surface area contributed by atoms with Gasteiger partial charge in [-0.3, -0.25) is 9.59 Å². The lowest BCUT2D eigenvalue weighted by molar-refractivity contribution is -0.170. The van der Waals surface area contributed by atoms with Crippen LogP contribution in [0.5, 0.6) is 0 Å². The van der Waals surface area contributed by atoms with Gasteiger partial charge in [-0.1, -0.05) is 15.9 Å². The monoisotopic (exact) mass is 540 g/mol. The van der Waals surface area contributed by atoms with Crippen molar-refractivity contribution < 1.29 is 27.5 Å². The van der Waals surface area contributed by atoms with Crippen molar-refractivity contribution in [3.63, 3.8) is 0 Å². The SMILES string of the molecule is O=C(COC(=O)C12C[C@H]3C[C@@H](CC(Br)(C3)C1)C2)Nc1ccc(S(=O)(=O)N2CCOCC2)cc1. The molecule has 2 atom stereocenters. The lowest BCUT2D eigenvalue weighted by Gasteiger charge is -2.58. The third-order valence-corrected chi connectivity index (χ3v) is 10.3. The van der Waals surface area contributed by atoms with Crippen molar-refractivity contribution in [2.75, 3.05) is 38.2 Å². The van der Waals surface area contributed by atoms with Crippen LogP contribution in [0.15, 0.2) is 29.2 Å². The molecule has 10 heteroatoms. The summed E-state index contributed by atoms with van der Waals surface area (Å²) in [6.07, 6.45) is 5.94. The Morgan fingerprint density at radius 1 is 1.09 bits per heavy atom. The first-order valence-corrected chi connectivity index (χ1v) is 13.7. The maximum atomic E-state index is 13.0. The number of carbonyl (C=O) groups excluding carboxylic acids is 2. The minimum Gasteiger partial charge on any atom is -0.455 e. The molecular formula is C23H29BrN2O6S. The van der Waals surface area contributed by atoms with Crippen molar-refractivity contribution in [2.24, 2.45) is 17.3 Å². The number of halogens is 1. The van der Waals surface area contributed by atoms with E-state index < -0.39 is 21.3 Å². The Labute approximate surface area is 202 Å². The normalized spacial score (nSPS) is 33.6. The zero-order valence-electron chi connectivity index (χ0n) is 18.4. The number of alkyl halides is 1. The number of nitrogens with one attached hydrogen (secondary N) is 1. The number of morpholine rings is 1. The van der Waals surface area contributed by atoms with E-state index in [0.29, 0.717) is 43.8 Å². The number of hydrogen-bond acceptors (Lipinski definition) is 6. The summed E-state index contributed by atoms with van der Waals surface area (Å²) in [7, 11) is -3.59. The zero-order chi connectivity index (χ0) is 23.3. The number of esters is 1. The Balaban J connectivity index is 1.16. The van der Waals surface area contributed by atoms with Crippen LogP contribution in [-0.4, -0.2) is 61.8 Å². The molecule has 4 aliphatic carbocycles. The number of anilines is 1. The van der Waals surface area contributed by atoms with Crippen LogP contribution in [0.4, 0.5) is 5.69 Å². The van der Waals surface area contributed by atoms with E-state index in [1.165, 1.54) is 22.9 Å². The Bertz CT molecular complexity index is 1020. The molecule has 1 aliphatic heterocycles. The van der Waals surface area contributed by atoms with Gasteiger partial charge < -0.3 is 14.8 Å². The van der Waals surface area contributed by atoms with E-state index in [1.54, 1.807) is 12.1 Å². The Hall–Kier alpha value is -1.49. The predicted molar refractivity (Wildman–Crippen MR) is 124 cm³/mol. The number of nitrogens with zero attached hydrogens (tertiary/aromatic N) is 1. The van der Waals surface area contributed by atoms with Gasteiger partial charge in [0.2, 0.25) is 10.0 Å². The van der Waals surface area contributed by atoms with Crippen molar-refractivity contribution in [1.29, 1.82) is 0 Å². The van der Waals surface area contributed by atoms with Crippen LogP contribution in [-0.2, 0) is 29.1 Å². The maximum Gasteiger partial charge on any atom is 0.312 e. The third kappa shape index (κ3) is 4.59. The van der Waals surface area contributed by atoms with Gasteiger partial charge in [0.05, 0.1) is 23.5 Å². The Morgan fingerprint density at radius 3 is 2.33 bits per heavy atom. The highest BCUT2D eigenvalue weighted by molar-refractivity contribution is 9.10. The van der Waals surface area contributed by atoms with Crippen molar-refractivity contribution in [3.8, 4) is 0 Å². The molecule has 5 aliphatic rings. The highest BCUT2D eigenvalue weighted by Gasteiger charge is 2.60. The standard InChI is InChI=1S/C23H29BrN2O6S/c24-23-12-16-9-17(13-23)11-22(10-16,15-23)21(28)32-14-20(27)25-18-1-3-19(4-2-18)33(29,30)26-5-7-31-8-6-26/h1-4,16-17H,5-15H2,(H,25,27)/t16-,17-,22?,23?/m1/s1. The molecule has 1 aromatic rings. The van der Waals surface area contributed by atoms with Crippen LogP contribution >= 0.6 is 15.9 Å². The van der Waals surface area contributed by atoms with Gasteiger partial charge >= 0.3 is 5.97 Å². The average molecular weight is 541 g/mol. The largest absolute Gasteiger partial charge is 0.455 e. The van der Waals surface area contributed by atoms with Gasteiger partial charge in [-0.05, 0) is 74.6 Å². The molecule has 0 aromatic heterocycles. The smallest absolute Gasteiger partial charge is 0.312 e. The lowest BCUT2D eigenvalue weighted by Crippen LogP contribution is -2.56. The topological polar surface area (TPSA) is 102 Å². The third-order valence-electron chi connectivity index (χ3n) is 7.50. The predicted octanol–water partition coefficient (Wildman–Crippen LogP) is 2.92. The average Bonchev–Trinajstić information content (AvgIpc) is 2.77. The highest BCUT2D eigenvalue weighted by atomic mass is 79.9. The first kappa shape index (κ1) is 23.3. The minimum atomic E-state index is -3.59. The van der Waals surface area contributed by atoms with Gasteiger partial charge in [0.1, 0.15) is 0 Å². The van der Waals surface area contributed by atoms with Gasteiger partial charge in [0.25, 0.3) is 5.91 Å². The van der Waals surface area contributed by atoms with E-state index in [2.05, 4.69) is 21.2 Å². The van der Waals surface area contributed by atoms with Crippen molar-refractivity contribution in [2.45, 2.75) is 47.7 Å². The molecule has 5 fully saturated rings. The molecule has 8 nitrogen and oxygen atoms in total. The van der Waals surface area contributed by atoms with E-state index in [1.807, 2.05) is 0 Å². The van der Waals surface area contributed by atoms with Gasteiger partial charge in [-0.2, -0.15) is 4.31 Å². The van der Waals surface area contributed by atoms with Crippen LogP contribution in [0.25, 0.3) is 0 Å². The summed E-state index contributed by atoms with van der Waals surface area (Å²) in [6.45, 7) is 1.06. The highest BCUT2D eigenvalue weighted by Crippen LogP contribution is 2.64. The first-order chi connectivity index (χ1) is 15.7. The summed E-state index contributed by atoms with van der Waals surface area (Å²) in [5, 5.41) is 2.68. The molecule has 1 aromatic carbocycles. The van der Waals surface area contributed by atoms with Crippen molar-refractivity contribution in [3.05, 3.63) is 24.3 Å². The summed E-state index contributed by atoms with van der Waals surface area (Å²) in [5.74, 6) is 0.409. The second-order valence-electron chi connectivity index (χ2n) is 10.1. The quantitative estimate of drug-likeness (QED) is 0.439. The maximum absolute atomic E-state index is 13.0. The van der Waals surface area contributed by atoms with E-state index in [0.717, 1.165) is 32.1 Å². The van der Waals surface area contributed by atoms with Gasteiger partial charge in [-0.15, -0.1) is 0 Å². The lowest BCUT2D eigenvalue weighted by atomic mass is 9.49. The number of carbonyl (C=O) groups is 2. The fraction of sp³-hybridized carbons (Fsp3) is 0.652. The molecule has 33 heavy (non-hydrogen) atoms. The molecule has 1 N–H and O–H groups in total. The van der Waals surface area contributed by atoms with E-state index in [9.17, 15) is 18.0 Å². The molecule has 1 heterocycles. The molecule has 1 saturated heterocycles. The fourth-order valence-electron chi connectivity index (χ4n) is 6.52. The minimum absolute atomic E-state index is 0.0433. The second-order valence-corrected chi connectivity index (χ2v) is 13.7. The molecule has 4 saturated carbocycles. The molecule has 1 amide bonds. The Morgan fingerprint density at radius 2 is 1.73 bits per heavy atom. The molecular weight excluding hydrogens is 512 g/mol. The summed E-state index contributed by atoms with van der Waals surface area (Å²) in [4.78, 5) is 25.6. The molecule has 180 valence electrons. The van der Waals surface area contributed by atoms with E-state index >= 15 is 0 Å². The van der Waals surface area contributed by atoms with Crippen LogP contribution in [0, 0.1) is 17.3 Å². The van der Waals surface area contributed by atoms with Gasteiger partial charge in [0, 0.05) is 23.1 Å². The number of amides is 1. The summed E-state index contributed by atoms with van der Waals surface area (Å²) in [6, 6.07) is 6.02. The van der Waals surface area contributed by atoms with Gasteiger partial charge in [-0.25, -0.2) is 8.42 Å². The molecule has 0 unspecified atom stereocenters. The zero-order valence-corrected chi connectivity index (χ0v) is 20.8. The Kier molecular flexibility index (Phi) is 6.08. The van der Waals surface area contributed by atoms with Crippen LogP contribution in [0.1, 0.15) is 38.5 Å². The first-order valence-electron chi connectivity index (χ1n) is 11.5. The summed E-state index contributed by atoms with van der Waals surface area (Å²) in [5.41, 5.74) is -0.0187. The summed E-state index contributed by atoms with van der Waals surface area (Å²) >= 11 is 3.89. The summed E-state index contributed by atoms with van der Waals surface area (Å²) < 4.78 is 37.5. The van der Waals surface area contributed by atoms with Crippen molar-refractivity contribution in [1.82, 2.24) is 4.31 Å². The molecule has 4 bridgehead atoms. The van der Waals surface area contributed by atoms with Gasteiger partial charge in [0.15, 0.2) is 6.61 Å². The number of hydrogen-bond donors (Lipinski definition) is 1. The fourth-order valence-corrected chi connectivity index (χ4v) is 9.38. The van der Waals surface area contributed by atoms with Crippen LogP contribution in [0.2, 0.25) is 0 Å². The molecule has 0 spiro atoms. The van der Waals surface area contributed by atoms with E-state index in [4.69, 9.17) is 9.47 Å².